The van der Waals surface area contributed by atoms with Crippen molar-refractivity contribution in [2.24, 2.45) is 0 Å². The van der Waals surface area contributed by atoms with E-state index in [1.54, 1.807) is 0 Å². The Hall–Kier alpha value is -2.34. The Bertz CT molecular complexity index is 1050. The molecule has 1 aromatic heterocycles. The van der Waals surface area contributed by atoms with Crippen LogP contribution in [-0.2, 0) is 6.54 Å². The molecule has 158 valence electrons. The summed E-state index contributed by atoms with van der Waals surface area (Å²) in [6, 6.07) is 15.3. The fraction of sp³-hybridized carbons (Fsp3) is 0.304. The summed E-state index contributed by atoms with van der Waals surface area (Å²) in [4.78, 5) is 15.1. The van der Waals surface area contributed by atoms with E-state index in [1.165, 1.54) is 0 Å². The Kier molecular flexibility index (Phi) is 7.19. The van der Waals surface area contributed by atoms with E-state index in [2.05, 4.69) is 10.4 Å². The summed E-state index contributed by atoms with van der Waals surface area (Å²) in [5.41, 5.74) is 4.04. The van der Waals surface area contributed by atoms with E-state index in [-0.39, 0.29) is 11.9 Å². The molecule has 7 heteroatoms. The van der Waals surface area contributed by atoms with Gasteiger partial charge in [-0.05, 0) is 51.2 Å². The Morgan fingerprint density at radius 3 is 2.33 bits per heavy atom. The zero-order valence-corrected chi connectivity index (χ0v) is 19.1. The lowest BCUT2D eigenvalue weighted by Crippen LogP contribution is -2.35. The van der Waals surface area contributed by atoms with Gasteiger partial charge >= 0.3 is 0 Å². The number of rotatable bonds is 7. The largest absolute Gasteiger partial charge is 0.350 e. The Morgan fingerprint density at radius 2 is 1.70 bits per heavy atom. The highest BCUT2D eigenvalue weighted by atomic mass is 35.5. The van der Waals surface area contributed by atoms with Crippen LogP contribution in [0.25, 0.3) is 0 Å². The lowest BCUT2D eigenvalue weighted by atomic mass is 10.1. The molecular weight excluding hydrogens is 419 g/mol. The molecule has 0 bridgehead atoms. The first kappa shape index (κ1) is 22.3. The standard InChI is InChI=1S/C23H26Cl2N4O/c1-15-22(16(2)29(27-15)14-17-9-5-7-11-19(17)24)23(30)26-13-21(28(3)4)18-10-6-8-12-20(18)25/h5-12,21H,13-14H2,1-4H3,(H,26,30). The number of amides is 1. The maximum absolute atomic E-state index is 13.0. The van der Waals surface area contributed by atoms with Crippen molar-refractivity contribution in [3.05, 3.63) is 86.7 Å². The topological polar surface area (TPSA) is 50.2 Å². The normalized spacial score (nSPS) is 12.2. The van der Waals surface area contributed by atoms with Crippen LogP contribution in [0.15, 0.2) is 48.5 Å². The third-order valence-corrected chi connectivity index (χ3v) is 5.94. The molecule has 30 heavy (non-hydrogen) atoms. The molecule has 1 atom stereocenters. The van der Waals surface area contributed by atoms with Crippen molar-refractivity contribution in [2.45, 2.75) is 26.4 Å². The van der Waals surface area contributed by atoms with Gasteiger partial charge in [0.25, 0.3) is 5.91 Å². The van der Waals surface area contributed by atoms with Gasteiger partial charge in [-0.25, -0.2) is 0 Å². The first-order chi connectivity index (χ1) is 14.3. The molecule has 0 saturated heterocycles. The van der Waals surface area contributed by atoms with Crippen molar-refractivity contribution >= 4 is 29.1 Å². The number of hydrogen-bond donors (Lipinski definition) is 1. The van der Waals surface area contributed by atoms with Gasteiger partial charge in [0.1, 0.15) is 0 Å². The molecule has 2 aromatic carbocycles. The second-order valence-corrected chi connectivity index (χ2v) is 8.32. The van der Waals surface area contributed by atoms with E-state index in [0.29, 0.717) is 34.4 Å². The van der Waals surface area contributed by atoms with Crippen LogP contribution >= 0.6 is 23.2 Å². The molecular formula is C23H26Cl2N4O. The summed E-state index contributed by atoms with van der Waals surface area (Å²) >= 11 is 12.7. The van der Waals surface area contributed by atoms with E-state index in [0.717, 1.165) is 16.8 Å². The van der Waals surface area contributed by atoms with Gasteiger partial charge in [-0.1, -0.05) is 59.6 Å². The zero-order valence-electron chi connectivity index (χ0n) is 17.6. The van der Waals surface area contributed by atoms with Crippen LogP contribution in [0.4, 0.5) is 0 Å². The molecule has 1 unspecified atom stereocenters. The van der Waals surface area contributed by atoms with Crippen LogP contribution in [0.1, 0.15) is 38.9 Å². The number of hydrogen-bond acceptors (Lipinski definition) is 3. The van der Waals surface area contributed by atoms with Gasteiger partial charge < -0.3 is 10.2 Å². The Morgan fingerprint density at radius 1 is 1.07 bits per heavy atom. The van der Waals surface area contributed by atoms with E-state index in [4.69, 9.17) is 23.2 Å². The molecule has 3 aromatic rings. The highest BCUT2D eigenvalue weighted by molar-refractivity contribution is 6.31. The minimum Gasteiger partial charge on any atom is -0.350 e. The third-order valence-electron chi connectivity index (χ3n) is 5.23. The quantitative estimate of drug-likeness (QED) is 0.564. The summed E-state index contributed by atoms with van der Waals surface area (Å²) in [6.45, 7) is 4.70. The highest BCUT2D eigenvalue weighted by Crippen LogP contribution is 2.26. The monoisotopic (exact) mass is 444 g/mol. The number of aryl methyl sites for hydroxylation is 1. The average Bonchev–Trinajstić information content (AvgIpc) is 2.98. The zero-order chi connectivity index (χ0) is 21.8. The second-order valence-electron chi connectivity index (χ2n) is 7.51. The number of benzene rings is 2. The van der Waals surface area contributed by atoms with Gasteiger partial charge in [-0.3, -0.25) is 9.48 Å². The van der Waals surface area contributed by atoms with Crippen LogP contribution in [0.3, 0.4) is 0 Å². The van der Waals surface area contributed by atoms with Crippen molar-refractivity contribution in [1.82, 2.24) is 20.0 Å². The Balaban J connectivity index is 1.78. The number of aromatic nitrogens is 2. The third kappa shape index (κ3) is 4.86. The van der Waals surface area contributed by atoms with Gasteiger partial charge in [0, 0.05) is 22.3 Å². The van der Waals surface area contributed by atoms with Crippen molar-refractivity contribution in [2.75, 3.05) is 20.6 Å². The maximum atomic E-state index is 13.0. The number of likely N-dealkylation sites (N-methyl/N-ethyl adjacent to an activating group) is 1. The SMILES string of the molecule is Cc1nn(Cc2ccccc2Cl)c(C)c1C(=O)NCC(c1ccccc1Cl)N(C)C. The molecule has 0 aliphatic carbocycles. The summed E-state index contributed by atoms with van der Waals surface area (Å²) in [5, 5.41) is 9.00. The Labute approximate surface area is 187 Å². The molecule has 0 aliphatic heterocycles. The van der Waals surface area contributed by atoms with Crippen LogP contribution < -0.4 is 5.32 Å². The van der Waals surface area contributed by atoms with Crippen molar-refractivity contribution in [3.8, 4) is 0 Å². The number of halogens is 2. The van der Waals surface area contributed by atoms with Gasteiger partial charge in [0.15, 0.2) is 0 Å². The molecule has 0 saturated carbocycles. The van der Waals surface area contributed by atoms with Crippen molar-refractivity contribution in [3.63, 3.8) is 0 Å². The minimum absolute atomic E-state index is 0.0403. The van der Waals surface area contributed by atoms with Crippen molar-refractivity contribution in [1.29, 1.82) is 0 Å². The molecule has 1 amide bonds. The first-order valence-electron chi connectivity index (χ1n) is 9.76. The predicted molar refractivity (Wildman–Crippen MR) is 122 cm³/mol. The lowest BCUT2D eigenvalue weighted by molar-refractivity contribution is 0.0940. The number of nitrogens with one attached hydrogen (secondary N) is 1. The molecule has 0 radical (unpaired) electrons. The lowest BCUT2D eigenvalue weighted by Gasteiger charge is -2.26. The van der Waals surface area contributed by atoms with Crippen LogP contribution in [0, 0.1) is 13.8 Å². The molecule has 1 N–H and O–H groups in total. The van der Waals surface area contributed by atoms with Crippen molar-refractivity contribution < 1.29 is 4.79 Å². The summed E-state index contributed by atoms with van der Waals surface area (Å²) < 4.78 is 1.82. The molecule has 0 spiro atoms. The van der Waals surface area contributed by atoms with Crippen LogP contribution in [0.2, 0.25) is 10.0 Å². The second kappa shape index (κ2) is 9.65. The van der Waals surface area contributed by atoms with E-state index < -0.39 is 0 Å². The number of nitrogens with zero attached hydrogens (tertiary/aromatic N) is 3. The van der Waals surface area contributed by atoms with E-state index in [9.17, 15) is 4.79 Å². The molecule has 0 aliphatic rings. The van der Waals surface area contributed by atoms with E-state index in [1.807, 2.05) is 86.1 Å². The van der Waals surface area contributed by atoms with Gasteiger partial charge in [-0.15, -0.1) is 0 Å². The van der Waals surface area contributed by atoms with Gasteiger partial charge in [0.2, 0.25) is 0 Å². The molecule has 3 rings (SSSR count). The predicted octanol–water partition coefficient (Wildman–Crippen LogP) is 4.89. The maximum Gasteiger partial charge on any atom is 0.255 e. The molecule has 5 nitrogen and oxygen atoms in total. The number of carbonyl (C=O) groups excluding carboxylic acids is 1. The molecule has 0 fully saturated rings. The van der Waals surface area contributed by atoms with Gasteiger partial charge in [-0.2, -0.15) is 5.10 Å². The highest BCUT2D eigenvalue weighted by Gasteiger charge is 2.22. The van der Waals surface area contributed by atoms with Gasteiger partial charge in [0.05, 0.1) is 23.8 Å². The van der Waals surface area contributed by atoms with Crippen LogP contribution in [-0.4, -0.2) is 41.2 Å². The molecule has 1 heterocycles. The fourth-order valence-corrected chi connectivity index (χ4v) is 4.02. The first-order valence-corrected chi connectivity index (χ1v) is 10.5. The average molecular weight is 445 g/mol. The fourth-order valence-electron chi connectivity index (χ4n) is 3.56. The van der Waals surface area contributed by atoms with Crippen LogP contribution in [0.5, 0.6) is 0 Å². The minimum atomic E-state index is -0.144. The van der Waals surface area contributed by atoms with E-state index >= 15 is 0 Å². The summed E-state index contributed by atoms with van der Waals surface area (Å²) in [7, 11) is 3.94. The smallest absolute Gasteiger partial charge is 0.255 e. The number of carbonyl (C=O) groups is 1. The summed E-state index contributed by atoms with van der Waals surface area (Å²) in [5.74, 6) is -0.144. The summed E-state index contributed by atoms with van der Waals surface area (Å²) in [6.07, 6.45) is 0.